The summed E-state index contributed by atoms with van der Waals surface area (Å²) < 4.78 is 5.30. The van der Waals surface area contributed by atoms with Crippen LogP contribution in [0.15, 0.2) is 48.5 Å². The molecule has 1 heterocycles. The molecule has 0 unspecified atom stereocenters. The maximum absolute atomic E-state index is 12.9. The molecular formula is C22H22Cl2N2O3. The second-order valence-electron chi connectivity index (χ2n) is 6.68. The Bertz CT molecular complexity index is 930. The summed E-state index contributed by atoms with van der Waals surface area (Å²) in [7, 11) is 1.55. The van der Waals surface area contributed by atoms with E-state index in [4.69, 9.17) is 27.9 Å². The molecule has 2 amide bonds. The van der Waals surface area contributed by atoms with Crippen molar-refractivity contribution >= 4 is 41.1 Å². The van der Waals surface area contributed by atoms with Gasteiger partial charge in [-0.25, -0.2) is 0 Å². The Kier molecular flexibility index (Phi) is 7.18. The minimum absolute atomic E-state index is 0.0805. The van der Waals surface area contributed by atoms with Crippen LogP contribution < -0.4 is 4.74 Å². The number of amides is 2. The first-order valence-electron chi connectivity index (χ1n) is 9.34. The number of halogens is 2. The van der Waals surface area contributed by atoms with Crippen LogP contribution in [-0.2, 0) is 4.79 Å². The van der Waals surface area contributed by atoms with E-state index in [1.54, 1.807) is 53.3 Å². The van der Waals surface area contributed by atoms with Crippen molar-refractivity contribution in [3.63, 3.8) is 0 Å². The number of ether oxygens (including phenoxy) is 1. The van der Waals surface area contributed by atoms with Gasteiger partial charge in [0, 0.05) is 32.3 Å². The molecular weight excluding hydrogens is 411 g/mol. The first-order chi connectivity index (χ1) is 14.0. The summed E-state index contributed by atoms with van der Waals surface area (Å²) in [6, 6.07) is 12.4. The van der Waals surface area contributed by atoms with Gasteiger partial charge in [0.25, 0.3) is 5.91 Å². The molecule has 0 aliphatic carbocycles. The monoisotopic (exact) mass is 432 g/mol. The van der Waals surface area contributed by atoms with Gasteiger partial charge in [0.05, 0.1) is 22.7 Å². The van der Waals surface area contributed by atoms with Gasteiger partial charge in [0.2, 0.25) is 5.91 Å². The maximum Gasteiger partial charge on any atom is 0.257 e. The van der Waals surface area contributed by atoms with Crippen LogP contribution in [0.25, 0.3) is 6.08 Å². The SMILES string of the molecule is COc1ccccc1C(=O)N1CCCN(C(=O)/C=C/c2ccc(Cl)c(Cl)c2)CC1. The maximum atomic E-state index is 12.9. The minimum Gasteiger partial charge on any atom is -0.496 e. The zero-order valence-corrected chi connectivity index (χ0v) is 17.6. The highest BCUT2D eigenvalue weighted by atomic mass is 35.5. The fraction of sp³-hybridized carbons (Fsp3) is 0.273. The summed E-state index contributed by atoms with van der Waals surface area (Å²) >= 11 is 11.9. The molecule has 29 heavy (non-hydrogen) atoms. The lowest BCUT2D eigenvalue weighted by Crippen LogP contribution is -2.36. The zero-order chi connectivity index (χ0) is 20.8. The van der Waals surface area contributed by atoms with Gasteiger partial charge in [-0.05, 0) is 42.3 Å². The van der Waals surface area contributed by atoms with Crippen LogP contribution in [0.1, 0.15) is 22.3 Å². The van der Waals surface area contributed by atoms with Crippen molar-refractivity contribution in [2.45, 2.75) is 6.42 Å². The number of hydrogen-bond donors (Lipinski definition) is 0. The Balaban J connectivity index is 1.63. The third kappa shape index (κ3) is 5.31. The van der Waals surface area contributed by atoms with E-state index in [1.807, 2.05) is 12.1 Å². The molecule has 1 aliphatic rings. The smallest absolute Gasteiger partial charge is 0.257 e. The molecule has 1 aliphatic heterocycles. The molecule has 0 saturated carbocycles. The minimum atomic E-state index is -0.0948. The predicted molar refractivity (Wildman–Crippen MR) is 116 cm³/mol. The summed E-state index contributed by atoms with van der Waals surface area (Å²) in [6.07, 6.45) is 3.96. The average molecular weight is 433 g/mol. The van der Waals surface area contributed by atoms with E-state index in [2.05, 4.69) is 0 Å². The first-order valence-corrected chi connectivity index (χ1v) is 10.1. The number of carbonyl (C=O) groups is 2. The molecule has 0 radical (unpaired) electrons. The van der Waals surface area contributed by atoms with Gasteiger partial charge in [-0.15, -0.1) is 0 Å². The third-order valence-electron chi connectivity index (χ3n) is 4.79. The van der Waals surface area contributed by atoms with Crippen molar-refractivity contribution in [1.82, 2.24) is 9.80 Å². The quantitative estimate of drug-likeness (QED) is 0.673. The Hall–Kier alpha value is -2.50. The van der Waals surface area contributed by atoms with Crippen LogP contribution in [0.3, 0.4) is 0 Å². The largest absolute Gasteiger partial charge is 0.496 e. The Morgan fingerprint density at radius 3 is 2.45 bits per heavy atom. The van der Waals surface area contributed by atoms with E-state index in [9.17, 15) is 9.59 Å². The lowest BCUT2D eigenvalue weighted by atomic mass is 10.1. The molecule has 152 valence electrons. The molecule has 0 atom stereocenters. The Morgan fingerprint density at radius 2 is 1.69 bits per heavy atom. The summed E-state index contributed by atoms with van der Waals surface area (Å²) in [6.45, 7) is 2.14. The molecule has 2 aromatic carbocycles. The third-order valence-corrected chi connectivity index (χ3v) is 5.53. The number of hydrogen-bond acceptors (Lipinski definition) is 3. The molecule has 0 bridgehead atoms. The second kappa shape index (κ2) is 9.81. The number of nitrogens with zero attached hydrogens (tertiary/aromatic N) is 2. The lowest BCUT2D eigenvalue weighted by Gasteiger charge is -2.22. The predicted octanol–water partition coefficient (Wildman–Crippen LogP) is 4.39. The van der Waals surface area contributed by atoms with Crippen molar-refractivity contribution in [1.29, 1.82) is 0 Å². The fourth-order valence-electron chi connectivity index (χ4n) is 3.22. The van der Waals surface area contributed by atoms with Crippen molar-refractivity contribution in [3.05, 3.63) is 69.7 Å². The standard InChI is InChI=1S/C22H22Cl2N2O3/c1-29-20-6-3-2-5-17(20)22(28)26-12-4-11-25(13-14-26)21(27)10-8-16-7-9-18(23)19(24)15-16/h2-3,5-10,15H,4,11-14H2,1H3/b10-8+. The molecule has 7 heteroatoms. The van der Waals surface area contributed by atoms with Gasteiger partial charge in [-0.2, -0.15) is 0 Å². The topological polar surface area (TPSA) is 49.9 Å². The van der Waals surface area contributed by atoms with Crippen LogP contribution in [0.4, 0.5) is 0 Å². The normalized spacial score (nSPS) is 14.7. The van der Waals surface area contributed by atoms with E-state index in [0.29, 0.717) is 54.0 Å². The van der Waals surface area contributed by atoms with Gasteiger partial charge in [0.1, 0.15) is 5.75 Å². The molecule has 0 spiro atoms. The highest BCUT2D eigenvalue weighted by Gasteiger charge is 2.23. The van der Waals surface area contributed by atoms with E-state index in [0.717, 1.165) is 5.56 Å². The first kappa shape index (κ1) is 21.2. The van der Waals surface area contributed by atoms with E-state index >= 15 is 0 Å². The molecule has 5 nitrogen and oxygen atoms in total. The van der Waals surface area contributed by atoms with Crippen LogP contribution in [0.5, 0.6) is 5.75 Å². The zero-order valence-electron chi connectivity index (χ0n) is 16.1. The van der Waals surface area contributed by atoms with E-state index in [1.165, 1.54) is 6.08 Å². The van der Waals surface area contributed by atoms with Crippen molar-refractivity contribution in [2.75, 3.05) is 33.3 Å². The number of rotatable bonds is 4. The highest BCUT2D eigenvalue weighted by Crippen LogP contribution is 2.23. The number of methoxy groups -OCH3 is 1. The molecule has 3 rings (SSSR count). The number of benzene rings is 2. The van der Waals surface area contributed by atoms with Gasteiger partial charge < -0.3 is 14.5 Å². The summed E-state index contributed by atoms with van der Waals surface area (Å²) in [5.41, 5.74) is 1.34. The highest BCUT2D eigenvalue weighted by molar-refractivity contribution is 6.42. The van der Waals surface area contributed by atoms with Crippen LogP contribution in [-0.4, -0.2) is 54.9 Å². The molecule has 2 aromatic rings. The lowest BCUT2D eigenvalue weighted by molar-refractivity contribution is -0.125. The summed E-state index contributed by atoms with van der Waals surface area (Å²) in [5, 5.41) is 0.920. The number of carbonyl (C=O) groups excluding carboxylic acids is 2. The Morgan fingerprint density at radius 1 is 0.966 bits per heavy atom. The molecule has 0 N–H and O–H groups in total. The van der Waals surface area contributed by atoms with E-state index in [-0.39, 0.29) is 11.8 Å². The van der Waals surface area contributed by atoms with E-state index < -0.39 is 0 Å². The summed E-state index contributed by atoms with van der Waals surface area (Å²) in [5.74, 6) is 0.380. The van der Waals surface area contributed by atoms with Crippen molar-refractivity contribution < 1.29 is 14.3 Å². The van der Waals surface area contributed by atoms with Crippen LogP contribution in [0.2, 0.25) is 10.0 Å². The van der Waals surface area contributed by atoms with Gasteiger partial charge >= 0.3 is 0 Å². The molecule has 0 aromatic heterocycles. The van der Waals surface area contributed by atoms with Gasteiger partial charge in [-0.1, -0.05) is 41.4 Å². The molecule has 1 saturated heterocycles. The fourth-order valence-corrected chi connectivity index (χ4v) is 3.53. The van der Waals surface area contributed by atoms with Crippen molar-refractivity contribution in [3.8, 4) is 5.75 Å². The molecule has 1 fully saturated rings. The van der Waals surface area contributed by atoms with Crippen molar-refractivity contribution in [2.24, 2.45) is 0 Å². The Labute approximate surface area is 180 Å². The summed E-state index contributed by atoms with van der Waals surface area (Å²) in [4.78, 5) is 29.0. The second-order valence-corrected chi connectivity index (χ2v) is 7.49. The van der Waals surface area contributed by atoms with Crippen LogP contribution in [0, 0.1) is 0 Å². The average Bonchev–Trinajstić information content (AvgIpc) is 3.00. The van der Waals surface area contributed by atoms with Crippen LogP contribution >= 0.6 is 23.2 Å². The van der Waals surface area contributed by atoms with Gasteiger partial charge in [0.15, 0.2) is 0 Å². The van der Waals surface area contributed by atoms with Gasteiger partial charge in [-0.3, -0.25) is 9.59 Å². The number of para-hydroxylation sites is 1.